The van der Waals surface area contributed by atoms with Gasteiger partial charge in [0.15, 0.2) is 0 Å². The van der Waals surface area contributed by atoms with Crippen LogP contribution in [0.15, 0.2) is 62.3 Å². The summed E-state index contributed by atoms with van der Waals surface area (Å²) in [5.41, 5.74) is 1.81. The van der Waals surface area contributed by atoms with Gasteiger partial charge in [-0.15, -0.1) is 22.0 Å². The van der Waals surface area contributed by atoms with E-state index in [1.165, 1.54) is 4.90 Å². The highest BCUT2D eigenvalue weighted by molar-refractivity contribution is 9.10. The van der Waals surface area contributed by atoms with E-state index in [1.807, 2.05) is 60.9 Å². The molecule has 0 saturated heterocycles. The Kier molecular flexibility index (Phi) is 5.20. The third-order valence-electron chi connectivity index (χ3n) is 3.14. The summed E-state index contributed by atoms with van der Waals surface area (Å²) in [5.74, 6) is 0.725. The van der Waals surface area contributed by atoms with Gasteiger partial charge in [0.25, 0.3) is 5.89 Å². The largest absolute Gasteiger partial charge is 0.415 e. The highest BCUT2D eigenvalue weighted by Crippen LogP contribution is 2.29. The van der Waals surface area contributed by atoms with Crippen LogP contribution in [0.4, 0.5) is 0 Å². The van der Waals surface area contributed by atoms with Gasteiger partial charge in [0.05, 0.1) is 5.56 Å². The van der Waals surface area contributed by atoms with Crippen molar-refractivity contribution in [2.45, 2.75) is 4.90 Å². The summed E-state index contributed by atoms with van der Waals surface area (Å²) < 4.78 is 6.56. The molecule has 0 atom stereocenters. The van der Waals surface area contributed by atoms with Gasteiger partial charge in [-0.25, -0.2) is 0 Å². The number of halogens is 2. The number of hydrogen-bond acceptors (Lipinski definition) is 4. The zero-order chi connectivity index (χ0) is 16.2. The Balaban J connectivity index is 1.87. The molecular formula is C17H12BrClN2OS. The molecule has 1 aromatic heterocycles. The predicted octanol–water partition coefficient (Wildman–Crippen LogP) is 5.96. The summed E-state index contributed by atoms with van der Waals surface area (Å²) in [6.45, 7) is 0. The minimum Gasteiger partial charge on any atom is -0.415 e. The van der Waals surface area contributed by atoms with Gasteiger partial charge in [0.1, 0.15) is 5.03 Å². The van der Waals surface area contributed by atoms with Crippen LogP contribution in [0, 0.1) is 0 Å². The summed E-state index contributed by atoms with van der Waals surface area (Å²) in [6.07, 6.45) is 3.85. The molecule has 0 spiro atoms. The normalized spacial score (nSPS) is 11.7. The van der Waals surface area contributed by atoms with E-state index in [-0.39, 0.29) is 0 Å². The molecule has 3 nitrogen and oxygen atoms in total. The van der Waals surface area contributed by atoms with Crippen molar-refractivity contribution in [3.63, 3.8) is 0 Å². The highest BCUT2D eigenvalue weighted by atomic mass is 79.9. The second-order valence-electron chi connectivity index (χ2n) is 4.66. The van der Waals surface area contributed by atoms with Crippen molar-refractivity contribution in [2.75, 3.05) is 6.26 Å². The van der Waals surface area contributed by atoms with Gasteiger partial charge in [-0.1, -0.05) is 35.9 Å². The molecule has 3 rings (SSSR count). The Morgan fingerprint density at radius 2 is 1.87 bits per heavy atom. The zero-order valence-corrected chi connectivity index (χ0v) is 15.3. The van der Waals surface area contributed by atoms with E-state index in [2.05, 4.69) is 26.1 Å². The number of benzene rings is 2. The molecule has 2 aromatic carbocycles. The summed E-state index contributed by atoms with van der Waals surface area (Å²) in [4.78, 5) is 1.20. The van der Waals surface area contributed by atoms with Crippen LogP contribution in [0.3, 0.4) is 0 Å². The molecule has 0 saturated carbocycles. The fraction of sp³-hybridized carbons (Fsp3) is 0.0588. The van der Waals surface area contributed by atoms with Gasteiger partial charge >= 0.3 is 0 Å². The van der Waals surface area contributed by atoms with E-state index in [1.54, 1.807) is 11.8 Å². The van der Waals surface area contributed by atoms with Gasteiger partial charge in [-0.3, -0.25) is 0 Å². The van der Waals surface area contributed by atoms with Gasteiger partial charge in [-0.05, 0) is 58.1 Å². The second kappa shape index (κ2) is 7.34. The standard InChI is InChI=1S/C17H12BrClN2OS/c1-23-12-8-6-11(7-9-12)10-15(19)17-21-20-16(22-17)13-4-2-3-5-14(13)18/h2-10H,1H3/b15-10-. The molecule has 0 unspecified atom stereocenters. The van der Waals surface area contributed by atoms with Crippen molar-refractivity contribution < 1.29 is 4.42 Å². The lowest BCUT2D eigenvalue weighted by atomic mass is 10.2. The first kappa shape index (κ1) is 16.3. The van der Waals surface area contributed by atoms with Crippen molar-refractivity contribution in [3.05, 3.63) is 64.5 Å². The molecule has 116 valence electrons. The fourth-order valence-corrected chi connectivity index (χ4v) is 3.04. The van der Waals surface area contributed by atoms with Gasteiger partial charge in [0, 0.05) is 9.37 Å². The van der Waals surface area contributed by atoms with Gasteiger partial charge < -0.3 is 4.42 Å². The first-order valence-electron chi connectivity index (χ1n) is 6.77. The maximum atomic E-state index is 6.30. The lowest BCUT2D eigenvalue weighted by molar-refractivity contribution is 0.556. The molecule has 6 heteroatoms. The Morgan fingerprint density at radius 3 is 2.57 bits per heavy atom. The Bertz CT molecular complexity index is 846. The van der Waals surface area contributed by atoms with E-state index in [4.69, 9.17) is 16.0 Å². The molecule has 1 heterocycles. The number of rotatable bonds is 4. The van der Waals surface area contributed by atoms with Crippen LogP contribution in [-0.2, 0) is 0 Å². The van der Waals surface area contributed by atoms with Crippen molar-refractivity contribution >= 4 is 50.4 Å². The topological polar surface area (TPSA) is 38.9 Å². The van der Waals surface area contributed by atoms with Crippen LogP contribution in [0.1, 0.15) is 11.5 Å². The van der Waals surface area contributed by atoms with Crippen molar-refractivity contribution in [1.82, 2.24) is 10.2 Å². The van der Waals surface area contributed by atoms with Crippen molar-refractivity contribution in [3.8, 4) is 11.5 Å². The lowest BCUT2D eigenvalue weighted by Crippen LogP contribution is -1.79. The Morgan fingerprint density at radius 1 is 1.13 bits per heavy atom. The minimum absolute atomic E-state index is 0.298. The maximum Gasteiger partial charge on any atom is 0.259 e. The van der Waals surface area contributed by atoms with Gasteiger partial charge in [-0.2, -0.15) is 0 Å². The monoisotopic (exact) mass is 406 g/mol. The molecule has 0 aliphatic carbocycles. The van der Waals surface area contributed by atoms with Crippen molar-refractivity contribution in [2.24, 2.45) is 0 Å². The molecule has 0 bridgehead atoms. The molecule has 0 amide bonds. The smallest absolute Gasteiger partial charge is 0.259 e. The summed E-state index contributed by atoms with van der Waals surface area (Å²) >= 11 is 11.5. The molecule has 0 aliphatic heterocycles. The minimum atomic E-state index is 0.298. The molecule has 0 N–H and O–H groups in total. The van der Waals surface area contributed by atoms with Crippen LogP contribution in [0.2, 0.25) is 0 Å². The molecule has 3 aromatic rings. The van der Waals surface area contributed by atoms with Gasteiger partial charge in [0.2, 0.25) is 5.89 Å². The number of aromatic nitrogens is 2. The average Bonchev–Trinajstić information content (AvgIpc) is 3.06. The summed E-state index contributed by atoms with van der Waals surface area (Å²) in [5, 5.41) is 8.49. The lowest BCUT2D eigenvalue weighted by Gasteiger charge is -1.98. The molecular weight excluding hydrogens is 396 g/mol. The molecule has 0 fully saturated rings. The van der Waals surface area contributed by atoms with E-state index < -0.39 is 0 Å². The van der Waals surface area contributed by atoms with Crippen LogP contribution in [0.25, 0.3) is 22.6 Å². The van der Waals surface area contributed by atoms with E-state index >= 15 is 0 Å². The molecule has 23 heavy (non-hydrogen) atoms. The third kappa shape index (κ3) is 3.86. The number of thioether (sulfide) groups is 1. The van der Waals surface area contributed by atoms with Crippen LogP contribution < -0.4 is 0 Å². The quantitative estimate of drug-likeness (QED) is 0.500. The predicted molar refractivity (Wildman–Crippen MR) is 99.4 cm³/mol. The molecule has 0 aliphatic rings. The first-order valence-corrected chi connectivity index (χ1v) is 9.17. The second-order valence-corrected chi connectivity index (χ2v) is 6.80. The highest BCUT2D eigenvalue weighted by Gasteiger charge is 2.13. The zero-order valence-electron chi connectivity index (χ0n) is 12.2. The fourth-order valence-electron chi connectivity index (χ4n) is 1.97. The summed E-state index contributed by atoms with van der Waals surface area (Å²) in [7, 11) is 0. The van der Waals surface area contributed by atoms with E-state index in [0.717, 1.165) is 15.6 Å². The molecule has 0 radical (unpaired) electrons. The van der Waals surface area contributed by atoms with E-state index in [9.17, 15) is 0 Å². The first-order chi connectivity index (χ1) is 11.2. The van der Waals surface area contributed by atoms with E-state index in [0.29, 0.717) is 16.8 Å². The summed E-state index contributed by atoms with van der Waals surface area (Å²) in [6, 6.07) is 15.7. The SMILES string of the molecule is CSc1ccc(/C=C(\Cl)c2nnc(-c3ccccc3Br)o2)cc1. The van der Waals surface area contributed by atoms with Crippen LogP contribution in [-0.4, -0.2) is 16.5 Å². The number of nitrogens with zero attached hydrogens (tertiary/aromatic N) is 2. The average molecular weight is 408 g/mol. The van der Waals surface area contributed by atoms with Crippen LogP contribution in [0.5, 0.6) is 0 Å². The number of hydrogen-bond donors (Lipinski definition) is 0. The Labute approximate surface area is 151 Å². The Hall–Kier alpha value is -1.56. The van der Waals surface area contributed by atoms with Crippen molar-refractivity contribution in [1.29, 1.82) is 0 Å². The maximum absolute atomic E-state index is 6.30. The van der Waals surface area contributed by atoms with Crippen LogP contribution >= 0.6 is 39.3 Å². The third-order valence-corrected chi connectivity index (χ3v) is 4.85.